The van der Waals surface area contributed by atoms with Gasteiger partial charge in [0.2, 0.25) is 5.91 Å². The standard InChI is InChI=1S/C55H107NO5/c1-3-5-7-9-11-13-15-17-19-21-22-23-24-25-26-27-28-29-30-31-32-33-35-37-39-41-43-45-47-49-53(59)55(61)56-51(50-57)54(60)52(58)48-46-44-42-40-38-36-34-20-18-16-14-12-10-8-6-4-2/h25-26,40,42,51-54,57-60H,3-24,27-39,41,43-50H2,1-2H3,(H,56,61)/b26-25-,42-40+. The van der Waals surface area contributed by atoms with Crippen LogP contribution in [0.25, 0.3) is 0 Å². The van der Waals surface area contributed by atoms with Gasteiger partial charge in [0.15, 0.2) is 0 Å². The van der Waals surface area contributed by atoms with Gasteiger partial charge in [-0.05, 0) is 64.2 Å². The van der Waals surface area contributed by atoms with E-state index in [1.165, 1.54) is 225 Å². The van der Waals surface area contributed by atoms with E-state index in [2.05, 4.69) is 43.5 Å². The lowest BCUT2D eigenvalue weighted by molar-refractivity contribution is -0.132. The van der Waals surface area contributed by atoms with Crippen molar-refractivity contribution < 1.29 is 25.2 Å². The number of carbonyl (C=O) groups excluding carboxylic acids is 1. The molecule has 0 spiro atoms. The Hall–Kier alpha value is -1.21. The van der Waals surface area contributed by atoms with Crippen molar-refractivity contribution in [1.82, 2.24) is 5.32 Å². The zero-order valence-corrected chi connectivity index (χ0v) is 40.9. The highest BCUT2D eigenvalue weighted by molar-refractivity contribution is 5.80. The first-order chi connectivity index (χ1) is 30.0. The third-order valence-electron chi connectivity index (χ3n) is 12.9. The third kappa shape index (κ3) is 43.8. The third-order valence-corrected chi connectivity index (χ3v) is 12.9. The topological polar surface area (TPSA) is 110 Å². The van der Waals surface area contributed by atoms with Crippen molar-refractivity contribution in [1.29, 1.82) is 0 Å². The Morgan fingerprint density at radius 1 is 0.393 bits per heavy atom. The summed E-state index contributed by atoms with van der Waals surface area (Å²) in [5.74, 6) is -0.590. The van der Waals surface area contributed by atoms with Gasteiger partial charge in [0.1, 0.15) is 12.2 Å². The Morgan fingerprint density at radius 3 is 0.984 bits per heavy atom. The fraction of sp³-hybridized carbons (Fsp3) is 0.909. The fourth-order valence-corrected chi connectivity index (χ4v) is 8.58. The molecule has 61 heavy (non-hydrogen) atoms. The summed E-state index contributed by atoms with van der Waals surface area (Å²) < 4.78 is 0. The van der Waals surface area contributed by atoms with Crippen molar-refractivity contribution in [2.24, 2.45) is 0 Å². The van der Waals surface area contributed by atoms with Gasteiger partial charge < -0.3 is 25.7 Å². The number of unbranched alkanes of at least 4 members (excludes halogenated alkanes) is 37. The van der Waals surface area contributed by atoms with Gasteiger partial charge in [0.25, 0.3) is 0 Å². The molecule has 0 aromatic carbocycles. The van der Waals surface area contributed by atoms with E-state index in [1.54, 1.807) is 0 Å². The SMILES string of the molecule is CCCCCCCCCCCCC/C=C/CCCC(O)C(O)C(CO)NC(=O)C(O)CCCCCCCCCCCCCCC/C=C\CCCCCCCCCCCCCC. The molecule has 0 aliphatic carbocycles. The van der Waals surface area contributed by atoms with Gasteiger partial charge in [-0.1, -0.05) is 250 Å². The molecule has 0 aromatic heterocycles. The van der Waals surface area contributed by atoms with E-state index in [9.17, 15) is 25.2 Å². The predicted octanol–water partition coefficient (Wildman–Crippen LogP) is 15.5. The molecule has 0 aliphatic rings. The molecule has 4 unspecified atom stereocenters. The fourth-order valence-electron chi connectivity index (χ4n) is 8.58. The normalized spacial score (nSPS) is 14.0. The highest BCUT2D eigenvalue weighted by Gasteiger charge is 2.28. The number of allylic oxidation sites excluding steroid dienone is 4. The van der Waals surface area contributed by atoms with Gasteiger partial charge in [-0.2, -0.15) is 0 Å². The van der Waals surface area contributed by atoms with Crippen LogP contribution in [0.3, 0.4) is 0 Å². The van der Waals surface area contributed by atoms with Crippen LogP contribution < -0.4 is 5.32 Å². The summed E-state index contributed by atoms with van der Waals surface area (Å²) in [6.07, 6.45) is 59.6. The zero-order valence-electron chi connectivity index (χ0n) is 40.9. The number of carbonyl (C=O) groups is 1. The number of aliphatic hydroxyl groups is 4. The smallest absolute Gasteiger partial charge is 0.249 e. The number of hydrogen-bond acceptors (Lipinski definition) is 5. The summed E-state index contributed by atoms with van der Waals surface area (Å²) in [6, 6.07) is -1.00. The Balaban J connectivity index is 3.62. The molecule has 0 saturated carbocycles. The molecular formula is C55H107NO5. The maximum Gasteiger partial charge on any atom is 0.249 e. The monoisotopic (exact) mass is 862 g/mol. The summed E-state index contributed by atoms with van der Waals surface area (Å²) >= 11 is 0. The first kappa shape index (κ1) is 59.8. The van der Waals surface area contributed by atoms with Crippen LogP contribution in [0.15, 0.2) is 24.3 Å². The van der Waals surface area contributed by atoms with Crippen LogP contribution >= 0.6 is 0 Å². The second-order valence-electron chi connectivity index (χ2n) is 18.9. The average Bonchev–Trinajstić information content (AvgIpc) is 3.26. The van der Waals surface area contributed by atoms with Crippen molar-refractivity contribution in [2.75, 3.05) is 6.61 Å². The largest absolute Gasteiger partial charge is 0.394 e. The lowest BCUT2D eigenvalue weighted by Gasteiger charge is -2.27. The van der Waals surface area contributed by atoms with E-state index in [1.807, 2.05) is 0 Å². The summed E-state index contributed by atoms with van der Waals surface area (Å²) in [7, 11) is 0. The van der Waals surface area contributed by atoms with Crippen LogP contribution in [-0.2, 0) is 4.79 Å². The van der Waals surface area contributed by atoms with Crippen molar-refractivity contribution >= 4 is 5.91 Å². The molecule has 0 saturated heterocycles. The van der Waals surface area contributed by atoms with E-state index in [0.717, 1.165) is 38.5 Å². The van der Waals surface area contributed by atoms with Crippen LogP contribution in [0.5, 0.6) is 0 Å². The zero-order chi connectivity index (χ0) is 44.5. The Morgan fingerprint density at radius 2 is 0.672 bits per heavy atom. The lowest BCUT2D eigenvalue weighted by Crippen LogP contribution is -2.53. The molecule has 0 aromatic rings. The molecule has 6 heteroatoms. The Bertz CT molecular complexity index is 924. The molecule has 0 heterocycles. The van der Waals surface area contributed by atoms with Crippen molar-refractivity contribution in [3.63, 3.8) is 0 Å². The van der Waals surface area contributed by atoms with Gasteiger partial charge in [-0.25, -0.2) is 0 Å². The average molecular weight is 862 g/mol. The highest BCUT2D eigenvalue weighted by Crippen LogP contribution is 2.17. The summed E-state index contributed by atoms with van der Waals surface area (Å²) in [4.78, 5) is 12.6. The summed E-state index contributed by atoms with van der Waals surface area (Å²) in [6.45, 7) is 4.07. The van der Waals surface area contributed by atoms with E-state index >= 15 is 0 Å². The van der Waals surface area contributed by atoms with E-state index in [4.69, 9.17) is 0 Å². The number of rotatable bonds is 50. The molecule has 0 aliphatic heterocycles. The minimum absolute atomic E-state index is 0.365. The Labute approximate surface area is 380 Å². The maximum absolute atomic E-state index is 12.6. The first-order valence-corrected chi connectivity index (χ1v) is 27.2. The van der Waals surface area contributed by atoms with Gasteiger partial charge in [-0.3, -0.25) is 4.79 Å². The van der Waals surface area contributed by atoms with Crippen molar-refractivity contribution in [3.05, 3.63) is 24.3 Å². The van der Waals surface area contributed by atoms with Gasteiger partial charge in [-0.15, -0.1) is 0 Å². The maximum atomic E-state index is 12.6. The highest BCUT2D eigenvalue weighted by atomic mass is 16.3. The van der Waals surface area contributed by atoms with Crippen LogP contribution in [0.4, 0.5) is 0 Å². The van der Waals surface area contributed by atoms with E-state index in [-0.39, 0.29) is 0 Å². The molecule has 1 amide bonds. The van der Waals surface area contributed by atoms with Crippen molar-refractivity contribution in [2.45, 2.75) is 314 Å². The molecule has 6 nitrogen and oxygen atoms in total. The lowest BCUT2D eigenvalue weighted by atomic mass is 10.00. The number of nitrogens with one attached hydrogen (secondary N) is 1. The second kappa shape index (κ2) is 49.8. The summed E-state index contributed by atoms with van der Waals surface area (Å²) in [5.41, 5.74) is 0. The molecule has 0 fully saturated rings. The van der Waals surface area contributed by atoms with Gasteiger partial charge in [0, 0.05) is 0 Å². The molecule has 4 atom stereocenters. The quantitative estimate of drug-likeness (QED) is 0.0309. The number of aliphatic hydroxyl groups excluding tert-OH is 4. The molecule has 0 radical (unpaired) electrons. The van der Waals surface area contributed by atoms with Crippen LogP contribution in [0, 0.1) is 0 Å². The summed E-state index contributed by atoms with van der Waals surface area (Å²) in [5, 5.41) is 43.9. The second-order valence-corrected chi connectivity index (χ2v) is 18.9. The number of hydrogen-bond donors (Lipinski definition) is 5. The van der Waals surface area contributed by atoms with Crippen LogP contribution in [0.2, 0.25) is 0 Å². The van der Waals surface area contributed by atoms with Crippen molar-refractivity contribution in [3.8, 4) is 0 Å². The number of amides is 1. The van der Waals surface area contributed by atoms with Crippen LogP contribution in [0.1, 0.15) is 290 Å². The van der Waals surface area contributed by atoms with Gasteiger partial charge >= 0.3 is 0 Å². The minimum Gasteiger partial charge on any atom is -0.394 e. The Kier molecular flexibility index (Phi) is 48.8. The minimum atomic E-state index is -1.28. The van der Waals surface area contributed by atoms with E-state index < -0.39 is 36.9 Å². The molecule has 0 rings (SSSR count). The first-order valence-electron chi connectivity index (χ1n) is 27.2. The molecule has 5 N–H and O–H groups in total. The van der Waals surface area contributed by atoms with E-state index in [0.29, 0.717) is 12.8 Å². The molecule has 0 bridgehead atoms. The van der Waals surface area contributed by atoms with Gasteiger partial charge in [0.05, 0.1) is 18.8 Å². The van der Waals surface area contributed by atoms with Crippen LogP contribution in [-0.4, -0.2) is 57.3 Å². The molecular weight excluding hydrogens is 755 g/mol. The molecule has 362 valence electrons. The predicted molar refractivity (Wildman–Crippen MR) is 265 cm³/mol.